The molecule has 0 aliphatic heterocycles. The van der Waals surface area contributed by atoms with Gasteiger partial charge in [-0.3, -0.25) is 4.99 Å². The van der Waals surface area contributed by atoms with E-state index in [1.807, 2.05) is 25.1 Å². The Morgan fingerprint density at radius 3 is 2.04 bits per heavy atom. The second kappa shape index (κ2) is 11.1. The molecule has 27 heavy (non-hydrogen) atoms. The zero-order valence-electron chi connectivity index (χ0n) is 16.5. The third kappa shape index (κ3) is 6.49. The maximum Gasteiger partial charge on any atom is 0.191 e. The van der Waals surface area contributed by atoms with Crippen LogP contribution in [-0.2, 0) is 24.4 Å². The number of nitrogens with one attached hydrogen (secondary N) is 2. The first kappa shape index (κ1) is 20.6. The SMILES string of the molecule is CCOCc1ccc(CNC(=NC)NCc2ccc(OC)c(OC)c2)cc1. The third-order valence-corrected chi connectivity index (χ3v) is 4.09. The number of hydrogen-bond acceptors (Lipinski definition) is 4. The molecule has 0 unspecified atom stereocenters. The minimum atomic E-state index is 0.632. The van der Waals surface area contributed by atoms with Crippen LogP contribution in [0.2, 0.25) is 0 Å². The molecule has 146 valence electrons. The van der Waals surface area contributed by atoms with Gasteiger partial charge in [-0.2, -0.15) is 0 Å². The quantitative estimate of drug-likeness (QED) is 0.524. The molecule has 0 aliphatic rings. The average molecular weight is 371 g/mol. The van der Waals surface area contributed by atoms with Crippen LogP contribution in [0.3, 0.4) is 0 Å². The minimum Gasteiger partial charge on any atom is -0.493 e. The van der Waals surface area contributed by atoms with Gasteiger partial charge in [-0.25, -0.2) is 0 Å². The number of hydrogen-bond donors (Lipinski definition) is 2. The maximum absolute atomic E-state index is 5.42. The minimum absolute atomic E-state index is 0.632. The van der Waals surface area contributed by atoms with Gasteiger partial charge in [0.05, 0.1) is 20.8 Å². The molecule has 2 N–H and O–H groups in total. The van der Waals surface area contributed by atoms with Crippen LogP contribution in [0.5, 0.6) is 11.5 Å². The van der Waals surface area contributed by atoms with Crippen molar-refractivity contribution in [2.24, 2.45) is 4.99 Å². The van der Waals surface area contributed by atoms with Gasteiger partial charge >= 0.3 is 0 Å². The van der Waals surface area contributed by atoms with E-state index in [2.05, 4.69) is 39.9 Å². The van der Waals surface area contributed by atoms with Gasteiger partial charge < -0.3 is 24.8 Å². The predicted octanol–water partition coefficient (Wildman–Crippen LogP) is 3.11. The fourth-order valence-electron chi connectivity index (χ4n) is 2.56. The van der Waals surface area contributed by atoms with Crippen LogP contribution in [0, 0.1) is 0 Å². The molecule has 0 amide bonds. The Kier molecular flexibility index (Phi) is 8.45. The highest BCUT2D eigenvalue weighted by molar-refractivity contribution is 5.79. The molecule has 0 atom stereocenters. The van der Waals surface area contributed by atoms with E-state index in [9.17, 15) is 0 Å². The first-order valence-electron chi connectivity index (χ1n) is 9.01. The van der Waals surface area contributed by atoms with Gasteiger partial charge in [0.2, 0.25) is 0 Å². The number of rotatable bonds is 9. The summed E-state index contributed by atoms with van der Waals surface area (Å²) in [6, 6.07) is 14.2. The van der Waals surface area contributed by atoms with Crippen molar-refractivity contribution in [1.82, 2.24) is 10.6 Å². The number of nitrogens with zero attached hydrogens (tertiary/aromatic N) is 1. The lowest BCUT2D eigenvalue weighted by molar-refractivity contribution is 0.134. The molecule has 0 radical (unpaired) electrons. The van der Waals surface area contributed by atoms with E-state index in [-0.39, 0.29) is 0 Å². The highest BCUT2D eigenvalue weighted by Gasteiger charge is 2.05. The van der Waals surface area contributed by atoms with Crippen molar-refractivity contribution in [3.8, 4) is 11.5 Å². The maximum atomic E-state index is 5.42. The summed E-state index contributed by atoms with van der Waals surface area (Å²) in [5.74, 6) is 2.17. The summed E-state index contributed by atoms with van der Waals surface area (Å²) >= 11 is 0. The lowest BCUT2D eigenvalue weighted by Crippen LogP contribution is -2.36. The smallest absolute Gasteiger partial charge is 0.191 e. The summed E-state index contributed by atoms with van der Waals surface area (Å²) in [7, 11) is 5.02. The van der Waals surface area contributed by atoms with Crippen LogP contribution in [0.4, 0.5) is 0 Å². The van der Waals surface area contributed by atoms with Gasteiger partial charge in [0.15, 0.2) is 17.5 Å². The molecule has 2 rings (SSSR count). The zero-order valence-corrected chi connectivity index (χ0v) is 16.5. The fraction of sp³-hybridized carbons (Fsp3) is 0.381. The largest absolute Gasteiger partial charge is 0.493 e. The van der Waals surface area contributed by atoms with Crippen LogP contribution >= 0.6 is 0 Å². The first-order chi connectivity index (χ1) is 13.2. The molecule has 0 spiro atoms. The molecule has 0 fully saturated rings. The van der Waals surface area contributed by atoms with Crippen molar-refractivity contribution in [2.45, 2.75) is 26.6 Å². The molecule has 0 bridgehead atoms. The summed E-state index contributed by atoms with van der Waals surface area (Å²) in [6.45, 7) is 4.71. The van der Waals surface area contributed by atoms with Crippen LogP contribution in [-0.4, -0.2) is 33.8 Å². The molecule has 0 saturated heterocycles. The van der Waals surface area contributed by atoms with E-state index in [1.54, 1.807) is 21.3 Å². The Balaban J connectivity index is 1.85. The van der Waals surface area contributed by atoms with Crippen LogP contribution in [0.15, 0.2) is 47.5 Å². The predicted molar refractivity (Wildman–Crippen MR) is 108 cm³/mol. The van der Waals surface area contributed by atoms with Crippen molar-refractivity contribution in [1.29, 1.82) is 0 Å². The average Bonchev–Trinajstić information content (AvgIpc) is 2.72. The summed E-state index contributed by atoms with van der Waals surface area (Å²) in [5.41, 5.74) is 3.44. The van der Waals surface area contributed by atoms with E-state index in [0.717, 1.165) is 23.9 Å². The summed E-state index contributed by atoms with van der Waals surface area (Å²) in [6.07, 6.45) is 0. The molecule has 6 heteroatoms. The van der Waals surface area contributed by atoms with E-state index in [1.165, 1.54) is 11.1 Å². The van der Waals surface area contributed by atoms with Crippen LogP contribution < -0.4 is 20.1 Å². The Labute approximate surface area is 161 Å². The molecule has 0 saturated carbocycles. The molecule has 0 aliphatic carbocycles. The Morgan fingerprint density at radius 2 is 1.44 bits per heavy atom. The number of methoxy groups -OCH3 is 2. The fourth-order valence-corrected chi connectivity index (χ4v) is 2.56. The molecular formula is C21H29N3O3. The van der Waals surface area contributed by atoms with Gasteiger partial charge in [0.1, 0.15) is 0 Å². The highest BCUT2D eigenvalue weighted by Crippen LogP contribution is 2.27. The van der Waals surface area contributed by atoms with E-state index in [0.29, 0.717) is 25.4 Å². The highest BCUT2D eigenvalue weighted by atomic mass is 16.5. The van der Waals surface area contributed by atoms with E-state index in [4.69, 9.17) is 14.2 Å². The summed E-state index contributed by atoms with van der Waals surface area (Å²) < 4.78 is 16.0. The van der Waals surface area contributed by atoms with Gasteiger partial charge in [0, 0.05) is 26.7 Å². The van der Waals surface area contributed by atoms with Crippen LogP contribution in [0.25, 0.3) is 0 Å². The zero-order chi connectivity index (χ0) is 19.5. The first-order valence-corrected chi connectivity index (χ1v) is 9.01. The molecule has 2 aromatic carbocycles. The third-order valence-electron chi connectivity index (χ3n) is 4.09. The second-order valence-corrected chi connectivity index (χ2v) is 5.92. The van der Waals surface area contributed by atoms with E-state index >= 15 is 0 Å². The van der Waals surface area contributed by atoms with Crippen LogP contribution in [0.1, 0.15) is 23.6 Å². The Bertz CT molecular complexity index is 730. The molecule has 6 nitrogen and oxygen atoms in total. The van der Waals surface area contributed by atoms with Crippen molar-refractivity contribution in [3.05, 3.63) is 59.2 Å². The Hall–Kier alpha value is -2.73. The second-order valence-electron chi connectivity index (χ2n) is 5.92. The lowest BCUT2D eigenvalue weighted by Gasteiger charge is -2.14. The molecule has 0 aromatic heterocycles. The van der Waals surface area contributed by atoms with Gasteiger partial charge in [-0.05, 0) is 35.7 Å². The number of ether oxygens (including phenoxy) is 3. The van der Waals surface area contributed by atoms with Gasteiger partial charge in [-0.15, -0.1) is 0 Å². The Morgan fingerprint density at radius 1 is 0.852 bits per heavy atom. The molecule has 0 heterocycles. The normalized spacial score (nSPS) is 11.2. The van der Waals surface area contributed by atoms with E-state index < -0.39 is 0 Å². The number of aliphatic imine (C=N–C) groups is 1. The lowest BCUT2D eigenvalue weighted by atomic mass is 10.1. The number of benzene rings is 2. The standard InChI is InChI=1S/C21H29N3O3/c1-5-27-15-17-8-6-16(7-9-17)13-23-21(22-2)24-14-18-10-11-19(25-3)20(12-18)26-4/h6-12H,5,13-15H2,1-4H3,(H2,22,23,24). The number of guanidine groups is 1. The summed E-state index contributed by atoms with van der Waals surface area (Å²) in [5, 5.41) is 6.63. The molecular weight excluding hydrogens is 342 g/mol. The van der Waals surface area contributed by atoms with Gasteiger partial charge in [-0.1, -0.05) is 30.3 Å². The monoisotopic (exact) mass is 371 g/mol. The van der Waals surface area contributed by atoms with Crippen molar-refractivity contribution in [2.75, 3.05) is 27.9 Å². The van der Waals surface area contributed by atoms with Crippen molar-refractivity contribution < 1.29 is 14.2 Å². The van der Waals surface area contributed by atoms with Gasteiger partial charge in [0.25, 0.3) is 0 Å². The summed E-state index contributed by atoms with van der Waals surface area (Å²) in [4.78, 5) is 4.27. The molecule has 2 aromatic rings. The topological polar surface area (TPSA) is 64.1 Å². The van der Waals surface area contributed by atoms with Crippen molar-refractivity contribution >= 4 is 5.96 Å². The van der Waals surface area contributed by atoms with Crippen molar-refractivity contribution in [3.63, 3.8) is 0 Å².